The van der Waals surface area contributed by atoms with Crippen LogP contribution in [0.4, 0.5) is 28.4 Å². The Bertz CT molecular complexity index is 1800. The first kappa shape index (κ1) is 24.1. The predicted octanol–water partition coefficient (Wildman–Crippen LogP) is 10.0. The molecule has 0 aromatic heterocycles. The molecule has 0 saturated heterocycles. The zero-order valence-corrected chi connectivity index (χ0v) is 25.4. The molecule has 6 rings (SSSR count). The average molecular weight is 803 g/mol. The fraction of sp³-hybridized carbons (Fsp3) is 0. The van der Waals surface area contributed by atoms with Gasteiger partial charge in [-0.1, -0.05) is 54.6 Å². The number of hydrogen-bond acceptors (Lipinski definition) is 3. The van der Waals surface area contributed by atoms with Gasteiger partial charge in [0.25, 0.3) is 0 Å². The van der Waals surface area contributed by atoms with Gasteiger partial charge in [-0.15, -0.1) is 0 Å². The molecule has 0 bridgehead atoms. The standard InChI is InChI=1S/C30H20I3N3/c31-23-7-3-5-18-8-10-19(16-22(18)23)35-27-14-11-21-26(15-13-25(34)28(21)29(27)33)36-30-20-6-2-1-4-17(20)9-12-24(30)32/h1-16,35-36H,34H2. The summed E-state index contributed by atoms with van der Waals surface area (Å²) >= 11 is 7.21. The van der Waals surface area contributed by atoms with Gasteiger partial charge in [-0.3, -0.25) is 0 Å². The summed E-state index contributed by atoms with van der Waals surface area (Å²) in [6, 6.07) is 34.0. The average Bonchev–Trinajstić information content (AvgIpc) is 2.89. The topological polar surface area (TPSA) is 50.1 Å². The molecule has 6 aromatic rings. The Balaban J connectivity index is 1.43. The summed E-state index contributed by atoms with van der Waals surface area (Å²) in [5, 5.41) is 14.4. The molecule has 0 amide bonds. The van der Waals surface area contributed by atoms with Gasteiger partial charge in [0, 0.05) is 43.9 Å². The molecule has 0 saturated carbocycles. The van der Waals surface area contributed by atoms with Gasteiger partial charge in [0.05, 0.1) is 11.4 Å². The van der Waals surface area contributed by atoms with Crippen LogP contribution in [-0.4, -0.2) is 0 Å². The largest absolute Gasteiger partial charge is 0.398 e. The Hall–Kier alpha value is -2.31. The molecular formula is C30H20I3N3. The molecule has 3 nitrogen and oxygen atoms in total. The smallest absolute Gasteiger partial charge is 0.0599 e. The van der Waals surface area contributed by atoms with Crippen LogP contribution in [0.5, 0.6) is 0 Å². The first-order valence-electron chi connectivity index (χ1n) is 11.4. The molecule has 6 aromatic carbocycles. The van der Waals surface area contributed by atoms with Gasteiger partial charge in [-0.25, -0.2) is 0 Å². The highest BCUT2D eigenvalue weighted by Crippen LogP contribution is 2.40. The van der Waals surface area contributed by atoms with Crippen LogP contribution in [0.15, 0.2) is 97.1 Å². The maximum Gasteiger partial charge on any atom is 0.0599 e. The van der Waals surface area contributed by atoms with E-state index in [1.54, 1.807) is 0 Å². The molecule has 0 radical (unpaired) electrons. The van der Waals surface area contributed by atoms with E-state index in [1.165, 1.54) is 28.7 Å². The van der Waals surface area contributed by atoms with Crippen molar-refractivity contribution in [2.75, 3.05) is 16.4 Å². The van der Waals surface area contributed by atoms with E-state index in [4.69, 9.17) is 5.73 Å². The van der Waals surface area contributed by atoms with E-state index in [0.29, 0.717) is 0 Å². The summed E-state index contributed by atoms with van der Waals surface area (Å²) in [6.07, 6.45) is 0. The Morgan fingerprint density at radius 1 is 0.556 bits per heavy atom. The van der Waals surface area contributed by atoms with Gasteiger partial charge in [0.2, 0.25) is 0 Å². The fourth-order valence-electron chi connectivity index (χ4n) is 4.61. The van der Waals surface area contributed by atoms with Crippen molar-refractivity contribution in [3.63, 3.8) is 0 Å². The molecule has 4 N–H and O–H groups in total. The first-order chi connectivity index (χ1) is 17.5. The lowest BCUT2D eigenvalue weighted by atomic mass is 10.0. The third kappa shape index (κ3) is 4.37. The van der Waals surface area contributed by atoms with E-state index in [2.05, 4.69) is 169 Å². The minimum Gasteiger partial charge on any atom is -0.398 e. The number of nitrogens with two attached hydrogens (primary N) is 1. The van der Waals surface area contributed by atoms with E-state index in [1.807, 2.05) is 6.07 Å². The number of fused-ring (bicyclic) bond motifs is 3. The second kappa shape index (κ2) is 9.86. The molecule has 0 aliphatic carbocycles. The Morgan fingerprint density at radius 2 is 1.31 bits per heavy atom. The molecule has 0 aliphatic rings. The molecule has 0 heterocycles. The lowest BCUT2D eigenvalue weighted by Crippen LogP contribution is -2.00. The Morgan fingerprint density at radius 3 is 2.19 bits per heavy atom. The van der Waals surface area contributed by atoms with Gasteiger partial charge in [-0.2, -0.15) is 0 Å². The summed E-state index contributed by atoms with van der Waals surface area (Å²) in [5.74, 6) is 0. The fourth-order valence-corrected chi connectivity index (χ4v) is 6.81. The summed E-state index contributed by atoms with van der Waals surface area (Å²) in [5.41, 5.74) is 11.6. The third-order valence-electron chi connectivity index (χ3n) is 6.40. The maximum absolute atomic E-state index is 6.53. The monoisotopic (exact) mass is 803 g/mol. The molecule has 0 spiro atoms. The first-order valence-corrected chi connectivity index (χ1v) is 14.6. The van der Waals surface area contributed by atoms with Gasteiger partial charge in [0.1, 0.15) is 0 Å². The van der Waals surface area contributed by atoms with Crippen LogP contribution in [0.3, 0.4) is 0 Å². The van der Waals surface area contributed by atoms with Crippen LogP contribution >= 0.6 is 67.8 Å². The van der Waals surface area contributed by atoms with Crippen LogP contribution in [-0.2, 0) is 0 Å². The van der Waals surface area contributed by atoms with E-state index in [0.717, 1.165) is 42.8 Å². The Kier molecular flexibility index (Phi) is 6.59. The summed E-state index contributed by atoms with van der Waals surface area (Å²) < 4.78 is 3.52. The predicted molar refractivity (Wildman–Crippen MR) is 181 cm³/mol. The highest BCUT2D eigenvalue weighted by Gasteiger charge is 2.14. The lowest BCUT2D eigenvalue weighted by molar-refractivity contribution is 1.54. The van der Waals surface area contributed by atoms with E-state index < -0.39 is 0 Å². The minimum absolute atomic E-state index is 0.768. The molecule has 0 unspecified atom stereocenters. The van der Waals surface area contributed by atoms with Gasteiger partial charge in [-0.05, 0) is 126 Å². The van der Waals surface area contributed by atoms with E-state index >= 15 is 0 Å². The number of nitrogens with one attached hydrogen (secondary N) is 2. The number of halogens is 3. The van der Waals surface area contributed by atoms with Crippen molar-refractivity contribution < 1.29 is 0 Å². The van der Waals surface area contributed by atoms with Crippen LogP contribution < -0.4 is 16.4 Å². The molecule has 0 aliphatic heterocycles. The summed E-state index contributed by atoms with van der Waals surface area (Å²) in [6.45, 7) is 0. The quantitative estimate of drug-likeness (QED) is 0.123. The van der Waals surface area contributed by atoms with Crippen molar-refractivity contribution in [3.8, 4) is 0 Å². The third-order valence-corrected chi connectivity index (χ3v) is 9.36. The van der Waals surface area contributed by atoms with Gasteiger partial charge < -0.3 is 16.4 Å². The van der Waals surface area contributed by atoms with Crippen molar-refractivity contribution in [2.24, 2.45) is 0 Å². The number of nitrogen functional groups attached to an aromatic ring is 1. The Labute approximate surface area is 250 Å². The minimum atomic E-state index is 0.768. The van der Waals surface area contributed by atoms with Crippen molar-refractivity contribution >= 4 is 129 Å². The molecule has 36 heavy (non-hydrogen) atoms. The van der Waals surface area contributed by atoms with Crippen molar-refractivity contribution in [3.05, 3.63) is 108 Å². The van der Waals surface area contributed by atoms with E-state index in [9.17, 15) is 0 Å². The lowest BCUT2D eigenvalue weighted by Gasteiger charge is -2.18. The number of rotatable bonds is 4. The number of hydrogen-bond donors (Lipinski definition) is 3. The van der Waals surface area contributed by atoms with Crippen LogP contribution in [0.2, 0.25) is 0 Å². The van der Waals surface area contributed by atoms with Crippen LogP contribution in [0.1, 0.15) is 0 Å². The summed E-state index contributed by atoms with van der Waals surface area (Å²) in [4.78, 5) is 0. The van der Waals surface area contributed by atoms with Gasteiger partial charge in [0.15, 0.2) is 0 Å². The van der Waals surface area contributed by atoms with E-state index in [-0.39, 0.29) is 0 Å². The SMILES string of the molecule is Nc1ccc(Nc2c(I)ccc3ccccc23)c2ccc(Nc3ccc4cccc(I)c4c3)c(I)c12. The summed E-state index contributed by atoms with van der Waals surface area (Å²) in [7, 11) is 0. The zero-order chi connectivity index (χ0) is 24.8. The van der Waals surface area contributed by atoms with Crippen LogP contribution in [0, 0.1) is 10.7 Å². The van der Waals surface area contributed by atoms with Crippen molar-refractivity contribution in [1.29, 1.82) is 0 Å². The normalized spacial score (nSPS) is 11.3. The van der Waals surface area contributed by atoms with Gasteiger partial charge >= 0.3 is 0 Å². The number of benzene rings is 6. The maximum atomic E-state index is 6.53. The molecule has 6 heteroatoms. The molecule has 176 valence electrons. The number of anilines is 5. The molecule has 0 fully saturated rings. The second-order valence-electron chi connectivity index (χ2n) is 8.62. The molecular weight excluding hydrogens is 783 g/mol. The van der Waals surface area contributed by atoms with Crippen molar-refractivity contribution in [1.82, 2.24) is 0 Å². The second-order valence-corrected chi connectivity index (χ2v) is 12.0. The molecule has 0 atom stereocenters. The highest BCUT2D eigenvalue weighted by atomic mass is 127. The van der Waals surface area contributed by atoms with Crippen LogP contribution in [0.25, 0.3) is 32.3 Å². The highest BCUT2D eigenvalue weighted by molar-refractivity contribution is 14.1. The zero-order valence-electron chi connectivity index (χ0n) is 18.9. The van der Waals surface area contributed by atoms with Crippen molar-refractivity contribution in [2.45, 2.75) is 0 Å².